The van der Waals surface area contributed by atoms with Crippen molar-refractivity contribution >= 4 is 23.4 Å². The van der Waals surface area contributed by atoms with Crippen LogP contribution in [0.5, 0.6) is 0 Å². The van der Waals surface area contributed by atoms with Crippen molar-refractivity contribution in [2.45, 2.75) is 12.1 Å². The molecular formula is C19H20ClN5O4. The van der Waals surface area contributed by atoms with Gasteiger partial charge in [-0.2, -0.15) is 0 Å². The summed E-state index contributed by atoms with van der Waals surface area (Å²) in [6.45, 7) is 3.85. The van der Waals surface area contributed by atoms with Gasteiger partial charge in [0.1, 0.15) is 23.3 Å². The Kier molecular flexibility index (Phi) is 6.53. The smallest absolute Gasteiger partial charge is 0.269 e. The van der Waals surface area contributed by atoms with Gasteiger partial charge < -0.3 is 20.1 Å². The topological polar surface area (TPSA) is 118 Å². The fourth-order valence-electron chi connectivity index (χ4n) is 3.18. The standard InChI is InChI=1S/C19H20ClN5O4/c1-3-17(27)25-4-5-29-18(15(25)9-26)11-6-13(24-16(20)7-11)12-8-14(19(28)21-2)23-10-22-12/h3,6-8,10,15,18,26H,1,4-5,9H2,2H3,(H,21,28)/t15-,18-/m1/s1. The lowest BCUT2D eigenvalue weighted by atomic mass is 9.99. The summed E-state index contributed by atoms with van der Waals surface area (Å²) in [4.78, 5) is 37.9. The second-order valence-corrected chi connectivity index (χ2v) is 6.64. The molecule has 0 spiro atoms. The monoisotopic (exact) mass is 417 g/mol. The van der Waals surface area contributed by atoms with Crippen molar-refractivity contribution in [1.29, 1.82) is 0 Å². The third kappa shape index (κ3) is 4.42. The van der Waals surface area contributed by atoms with Gasteiger partial charge in [-0.15, -0.1) is 0 Å². The number of carbonyl (C=O) groups excluding carboxylic acids is 2. The highest BCUT2D eigenvalue weighted by molar-refractivity contribution is 6.29. The number of nitrogens with zero attached hydrogens (tertiary/aromatic N) is 4. The van der Waals surface area contributed by atoms with E-state index in [1.807, 2.05) is 0 Å². The number of morpholine rings is 1. The summed E-state index contributed by atoms with van der Waals surface area (Å²) in [5, 5.41) is 12.6. The summed E-state index contributed by atoms with van der Waals surface area (Å²) in [6.07, 6.45) is 1.86. The van der Waals surface area contributed by atoms with Crippen LogP contribution in [0.3, 0.4) is 0 Å². The van der Waals surface area contributed by atoms with Crippen molar-refractivity contribution in [2.75, 3.05) is 26.8 Å². The van der Waals surface area contributed by atoms with Crippen molar-refractivity contribution < 1.29 is 19.4 Å². The summed E-state index contributed by atoms with van der Waals surface area (Å²) >= 11 is 6.22. The first kappa shape index (κ1) is 20.8. The molecule has 0 aromatic carbocycles. The number of halogens is 1. The summed E-state index contributed by atoms with van der Waals surface area (Å²) in [7, 11) is 1.51. The first-order valence-electron chi connectivity index (χ1n) is 8.86. The van der Waals surface area contributed by atoms with E-state index in [9.17, 15) is 14.7 Å². The molecule has 9 nitrogen and oxygen atoms in total. The molecule has 2 N–H and O–H groups in total. The van der Waals surface area contributed by atoms with E-state index in [0.717, 1.165) is 0 Å². The molecule has 152 valence electrons. The maximum atomic E-state index is 12.1. The first-order valence-corrected chi connectivity index (χ1v) is 9.23. The summed E-state index contributed by atoms with van der Waals surface area (Å²) in [5.41, 5.74) is 1.62. The van der Waals surface area contributed by atoms with Crippen LogP contribution < -0.4 is 5.32 Å². The number of nitrogens with one attached hydrogen (secondary N) is 1. The van der Waals surface area contributed by atoms with Gasteiger partial charge in [-0.1, -0.05) is 18.2 Å². The molecule has 0 radical (unpaired) electrons. The minimum absolute atomic E-state index is 0.185. The van der Waals surface area contributed by atoms with Crippen molar-refractivity contribution in [3.05, 3.63) is 53.6 Å². The van der Waals surface area contributed by atoms with Crippen LogP contribution in [0.15, 0.2) is 37.2 Å². The predicted octanol–water partition coefficient (Wildman–Crippen LogP) is 0.998. The molecule has 3 heterocycles. The highest BCUT2D eigenvalue weighted by Gasteiger charge is 2.35. The number of aromatic nitrogens is 3. The third-order valence-electron chi connectivity index (χ3n) is 4.56. The molecule has 0 bridgehead atoms. The lowest BCUT2D eigenvalue weighted by Crippen LogP contribution is -2.51. The highest BCUT2D eigenvalue weighted by atomic mass is 35.5. The van der Waals surface area contributed by atoms with Gasteiger partial charge in [-0.3, -0.25) is 9.59 Å². The van der Waals surface area contributed by atoms with Crippen LogP contribution >= 0.6 is 11.6 Å². The second kappa shape index (κ2) is 9.08. The van der Waals surface area contributed by atoms with Gasteiger partial charge in [0.15, 0.2) is 0 Å². The minimum atomic E-state index is -0.614. The molecule has 29 heavy (non-hydrogen) atoms. The zero-order valence-corrected chi connectivity index (χ0v) is 16.5. The van der Waals surface area contributed by atoms with Gasteiger partial charge in [-0.05, 0) is 29.8 Å². The van der Waals surface area contributed by atoms with Crippen molar-refractivity contribution in [3.63, 3.8) is 0 Å². The number of carbonyl (C=O) groups is 2. The van der Waals surface area contributed by atoms with E-state index in [0.29, 0.717) is 30.1 Å². The van der Waals surface area contributed by atoms with E-state index in [4.69, 9.17) is 16.3 Å². The number of amides is 2. The lowest BCUT2D eigenvalue weighted by Gasteiger charge is -2.40. The molecule has 0 aliphatic carbocycles. The Morgan fingerprint density at radius 3 is 2.86 bits per heavy atom. The number of rotatable bonds is 5. The van der Waals surface area contributed by atoms with Gasteiger partial charge >= 0.3 is 0 Å². The van der Waals surface area contributed by atoms with Crippen LogP contribution in [-0.4, -0.2) is 69.6 Å². The van der Waals surface area contributed by atoms with Crippen molar-refractivity contribution in [1.82, 2.24) is 25.2 Å². The molecule has 10 heteroatoms. The SMILES string of the molecule is C=CC(=O)N1CCO[C@H](c2cc(Cl)nc(-c3cc(C(=O)NC)ncn3)c2)[C@H]1CO. The highest BCUT2D eigenvalue weighted by Crippen LogP contribution is 2.32. The molecule has 1 fully saturated rings. The van der Waals surface area contributed by atoms with Crippen molar-refractivity contribution in [3.8, 4) is 11.4 Å². The molecular weight excluding hydrogens is 398 g/mol. The largest absolute Gasteiger partial charge is 0.394 e. The molecule has 2 amide bonds. The summed E-state index contributed by atoms with van der Waals surface area (Å²) < 4.78 is 5.85. The number of ether oxygens (including phenoxy) is 1. The number of pyridine rings is 1. The molecule has 3 rings (SSSR count). The van der Waals surface area contributed by atoms with Gasteiger partial charge in [0.25, 0.3) is 5.91 Å². The van der Waals surface area contributed by atoms with E-state index in [1.165, 1.54) is 30.4 Å². The molecule has 2 aromatic rings. The van der Waals surface area contributed by atoms with Gasteiger partial charge in [0.2, 0.25) is 5.91 Å². The van der Waals surface area contributed by atoms with E-state index < -0.39 is 12.1 Å². The van der Waals surface area contributed by atoms with Crippen LogP contribution in [0.1, 0.15) is 22.2 Å². The minimum Gasteiger partial charge on any atom is -0.394 e. The molecule has 2 aromatic heterocycles. The summed E-state index contributed by atoms with van der Waals surface area (Å²) in [6, 6.07) is 4.21. The Balaban J connectivity index is 2.00. The van der Waals surface area contributed by atoms with Gasteiger partial charge in [0, 0.05) is 13.6 Å². The maximum absolute atomic E-state index is 12.1. The molecule has 1 saturated heterocycles. The number of hydrogen-bond acceptors (Lipinski definition) is 7. The van der Waals surface area contributed by atoms with Crippen LogP contribution in [-0.2, 0) is 9.53 Å². The average molecular weight is 418 g/mol. The first-order chi connectivity index (χ1) is 14.0. The maximum Gasteiger partial charge on any atom is 0.269 e. The Morgan fingerprint density at radius 1 is 1.38 bits per heavy atom. The van der Waals surface area contributed by atoms with E-state index in [1.54, 1.807) is 12.1 Å². The molecule has 1 aliphatic rings. The van der Waals surface area contributed by atoms with Gasteiger partial charge in [0.05, 0.1) is 30.6 Å². The molecule has 1 aliphatic heterocycles. The molecule has 0 unspecified atom stereocenters. The Morgan fingerprint density at radius 2 is 2.17 bits per heavy atom. The fraction of sp³-hybridized carbons (Fsp3) is 0.316. The quantitative estimate of drug-likeness (QED) is 0.550. The van der Waals surface area contributed by atoms with Gasteiger partial charge in [-0.25, -0.2) is 15.0 Å². The lowest BCUT2D eigenvalue weighted by molar-refractivity contribution is -0.144. The predicted molar refractivity (Wildman–Crippen MR) is 105 cm³/mol. The van der Waals surface area contributed by atoms with Crippen LogP contribution in [0, 0.1) is 0 Å². The number of hydrogen-bond donors (Lipinski definition) is 2. The summed E-state index contributed by atoms with van der Waals surface area (Å²) in [5.74, 6) is -0.644. The third-order valence-corrected chi connectivity index (χ3v) is 4.75. The Bertz CT molecular complexity index is 939. The average Bonchev–Trinajstić information content (AvgIpc) is 2.76. The Hall–Kier alpha value is -2.88. The zero-order chi connectivity index (χ0) is 21.0. The molecule has 2 atom stereocenters. The van der Waals surface area contributed by atoms with E-state index in [2.05, 4.69) is 26.8 Å². The van der Waals surface area contributed by atoms with Crippen LogP contribution in [0.4, 0.5) is 0 Å². The fourth-order valence-corrected chi connectivity index (χ4v) is 3.40. The van der Waals surface area contributed by atoms with E-state index >= 15 is 0 Å². The number of aliphatic hydroxyl groups excluding tert-OH is 1. The van der Waals surface area contributed by atoms with Crippen molar-refractivity contribution in [2.24, 2.45) is 0 Å². The van der Waals surface area contributed by atoms with E-state index in [-0.39, 0.29) is 29.3 Å². The molecule has 0 saturated carbocycles. The number of aliphatic hydroxyl groups is 1. The van der Waals surface area contributed by atoms with Crippen LogP contribution in [0.2, 0.25) is 5.15 Å². The zero-order valence-electron chi connectivity index (χ0n) is 15.7. The van der Waals surface area contributed by atoms with Crippen LogP contribution in [0.25, 0.3) is 11.4 Å². The normalized spacial score (nSPS) is 18.9. The Labute approximate surface area is 172 Å². The second-order valence-electron chi connectivity index (χ2n) is 6.25.